The quantitative estimate of drug-likeness (QED) is 0.0222. The Labute approximate surface area is 594 Å². The number of phosphoric ester groups is 2. The van der Waals surface area contributed by atoms with E-state index in [1.165, 1.54) is 218 Å². The number of hydrogen-bond donors (Lipinski definition) is 3. The van der Waals surface area contributed by atoms with E-state index < -0.39 is 97.5 Å². The van der Waals surface area contributed by atoms with E-state index in [0.29, 0.717) is 25.7 Å². The molecule has 0 spiro atoms. The fraction of sp³-hybridized carbons (Fsp3) is 0.949. The van der Waals surface area contributed by atoms with Crippen LogP contribution in [-0.2, 0) is 65.4 Å². The topological polar surface area (TPSA) is 237 Å². The summed E-state index contributed by atoms with van der Waals surface area (Å²) in [5, 5.41) is 10.6. The summed E-state index contributed by atoms with van der Waals surface area (Å²) in [7, 11) is -9.91. The van der Waals surface area contributed by atoms with Crippen molar-refractivity contribution < 1.29 is 80.2 Å². The molecule has 0 saturated carbocycles. The number of aliphatic hydroxyl groups is 1. The van der Waals surface area contributed by atoms with Crippen molar-refractivity contribution in [2.45, 2.75) is 426 Å². The van der Waals surface area contributed by atoms with Crippen LogP contribution < -0.4 is 0 Å². The fourth-order valence-electron chi connectivity index (χ4n) is 11.9. The Balaban J connectivity index is 5.21. The van der Waals surface area contributed by atoms with Crippen molar-refractivity contribution in [1.29, 1.82) is 0 Å². The molecule has 4 unspecified atom stereocenters. The van der Waals surface area contributed by atoms with E-state index in [-0.39, 0.29) is 25.7 Å². The lowest BCUT2D eigenvalue weighted by Crippen LogP contribution is -2.30. The number of unbranched alkanes of at least 4 members (excludes halogenated alkanes) is 45. The molecule has 0 saturated heterocycles. The Hall–Kier alpha value is -1.94. The number of carbonyl (C=O) groups excluding carboxylic acids is 4. The highest BCUT2D eigenvalue weighted by Gasteiger charge is 2.30. The first-order valence-electron chi connectivity index (χ1n) is 40.6. The Morgan fingerprint density at radius 2 is 0.495 bits per heavy atom. The normalized spacial score (nSPS) is 14.5. The van der Waals surface area contributed by atoms with Crippen LogP contribution >= 0.6 is 15.6 Å². The second-order valence-electron chi connectivity index (χ2n) is 28.6. The van der Waals surface area contributed by atoms with Crippen LogP contribution in [0.2, 0.25) is 0 Å². The van der Waals surface area contributed by atoms with Gasteiger partial charge in [-0.15, -0.1) is 0 Å². The van der Waals surface area contributed by atoms with Crippen molar-refractivity contribution >= 4 is 39.5 Å². The largest absolute Gasteiger partial charge is 0.472 e. The molecule has 0 aromatic heterocycles. The molecule has 0 aliphatic heterocycles. The summed E-state index contributed by atoms with van der Waals surface area (Å²) in [5.41, 5.74) is 0. The predicted molar refractivity (Wildman–Crippen MR) is 395 cm³/mol. The Morgan fingerprint density at radius 1 is 0.289 bits per heavy atom. The monoisotopic (exact) mass is 1420 g/mol. The zero-order chi connectivity index (χ0) is 71.4. The molecule has 0 heterocycles. The Bertz CT molecular complexity index is 1880. The van der Waals surface area contributed by atoms with Gasteiger partial charge in [-0.1, -0.05) is 356 Å². The van der Waals surface area contributed by atoms with E-state index in [4.69, 9.17) is 37.0 Å². The van der Waals surface area contributed by atoms with Crippen molar-refractivity contribution in [2.24, 2.45) is 11.8 Å². The highest BCUT2D eigenvalue weighted by atomic mass is 31.2. The molecule has 0 aliphatic carbocycles. The van der Waals surface area contributed by atoms with Crippen molar-refractivity contribution in [3.63, 3.8) is 0 Å². The molecule has 0 radical (unpaired) electrons. The predicted octanol–water partition coefficient (Wildman–Crippen LogP) is 23.1. The molecule has 0 bridgehead atoms. The number of phosphoric acid groups is 2. The summed E-state index contributed by atoms with van der Waals surface area (Å²) >= 11 is 0. The van der Waals surface area contributed by atoms with Gasteiger partial charge in [-0.3, -0.25) is 37.3 Å². The summed E-state index contributed by atoms with van der Waals surface area (Å²) in [5.74, 6) is -0.497. The first-order valence-corrected chi connectivity index (χ1v) is 43.6. The molecule has 0 aromatic rings. The zero-order valence-corrected chi connectivity index (χ0v) is 65.2. The second-order valence-corrected chi connectivity index (χ2v) is 31.5. The lowest BCUT2D eigenvalue weighted by atomic mass is 9.99. The lowest BCUT2D eigenvalue weighted by Gasteiger charge is -2.21. The Kier molecular flexibility index (Phi) is 68.4. The van der Waals surface area contributed by atoms with Crippen molar-refractivity contribution in [2.75, 3.05) is 39.6 Å². The number of rotatable bonds is 77. The van der Waals surface area contributed by atoms with Gasteiger partial charge in [0, 0.05) is 25.7 Å². The van der Waals surface area contributed by atoms with Crippen LogP contribution in [0, 0.1) is 11.8 Å². The third kappa shape index (κ3) is 69.5. The molecule has 0 aromatic carbocycles. The number of carbonyl (C=O) groups is 4. The highest BCUT2D eigenvalue weighted by Crippen LogP contribution is 2.45. The van der Waals surface area contributed by atoms with Gasteiger partial charge in [0.1, 0.15) is 19.3 Å². The minimum atomic E-state index is -4.96. The number of esters is 4. The first kappa shape index (κ1) is 95.1. The molecule has 576 valence electrons. The minimum Gasteiger partial charge on any atom is -0.462 e. The molecule has 0 amide bonds. The summed E-state index contributed by atoms with van der Waals surface area (Å²) in [4.78, 5) is 72.8. The standard InChI is InChI=1S/C78H152O17P2/c1-7-11-13-15-17-19-20-21-22-23-24-25-26-31-34-37-44-50-56-62-77(82)94-74(67-89-76(81)61-55-49-43-36-33-30-28-27-29-32-35-40-46-52-58-70(5)9-3)69-93-97(86,87)91-65-72(79)64-90-96(84,85)92-68-73(66-88-75(80)60-54-48-42-18-16-14-12-8-2)95-78(83)63-57-51-45-39-38-41-47-53-59-71(6)10-4/h70-74,79H,7-69H2,1-6H3,(H,84,85)(H,86,87)/t70?,71?,72-,73+,74+/m0/s1. The van der Waals surface area contributed by atoms with E-state index >= 15 is 0 Å². The van der Waals surface area contributed by atoms with Crippen molar-refractivity contribution in [3.8, 4) is 0 Å². The van der Waals surface area contributed by atoms with Crippen LogP contribution in [0.25, 0.3) is 0 Å². The van der Waals surface area contributed by atoms with E-state index in [9.17, 15) is 43.2 Å². The van der Waals surface area contributed by atoms with Gasteiger partial charge in [0.15, 0.2) is 12.2 Å². The maximum atomic E-state index is 13.1. The number of hydrogen-bond acceptors (Lipinski definition) is 15. The average Bonchev–Trinajstić information content (AvgIpc) is 1.14. The van der Waals surface area contributed by atoms with Gasteiger partial charge < -0.3 is 33.8 Å². The maximum absolute atomic E-state index is 13.1. The van der Waals surface area contributed by atoms with Crippen molar-refractivity contribution in [3.05, 3.63) is 0 Å². The second kappa shape index (κ2) is 69.8. The van der Waals surface area contributed by atoms with Gasteiger partial charge >= 0.3 is 39.5 Å². The maximum Gasteiger partial charge on any atom is 0.472 e. The van der Waals surface area contributed by atoms with Crippen LogP contribution in [0.5, 0.6) is 0 Å². The molecule has 19 heteroatoms. The van der Waals surface area contributed by atoms with Gasteiger partial charge in [-0.05, 0) is 37.5 Å². The van der Waals surface area contributed by atoms with E-state index in [2.05, 4.69) is 41.5 Å². The molecular weight excluding hydrogens is 1270 g/mol. The smallest absolute Gasteiger partial charge is 0.462 e. The third-order valence-corrected chi connectivity index (χ3v) is 20.8. The molecule has 7 atom stereocenters. The fourth-order valence-corrected chi connectivity index (χ4v) is 13.5. The molecule has 17 nitrogen and oxygen atoms in total. The first-order chi connectivity index (χ1) is 46.9. The minimum absolute atomic E-state index is 0.105. The van der Waals surface area contributed by atoms with Gasteiger partial charge in [0.2, 0.25) is 0 Å². The molecule has 97 heavy (non-hydrogen) atoms. The van der Waals surface area contributed by atoms with Crippen molar-refractivity contribution in [1.82, 2.24) is 0 Å². The molecular formula is C78H152O17P2. The number of aliphatic hydroxyl groups excluding tert-OH is 1. The van der Waals surface area contributed by atoms with Gasteiger partial charge in [-0.2, -0.15) is 0 Å². The third-order valence-electron chi connectivity index (χ3n) is 18.9. The molecule has 0 fully saturated rings. The summed E-state index contributed by atoms with van der Waals surface area (Å²) in [6.07, 6.45) is 58.3. The summed E-state index contributed by atoms with van der Waals surface area (Å²) < 4.78 is 68.5. The summed E-state index contributed by atoms with van der Waals surface area (Å²) in [6.45, 7) is 9.63. The SMILES string of the molecule is CCCCCCCCCCCCCCCCCCCCCC(=O)O[C@H](COC(=O)CCCCCCCCCCCCCCCCC(C)CC)COP(=O)(O)OC[C@@H](O)COP(=O)(O)OC[C@@H](COC(=O)CCCCCCCCCC)OC(=O)CCCCCCCCCCC(C)CC. The van der Waals surface area contributed by atoms with Gasteiger partial charge in [0.05, 0.1) is 26.4 Å². The van der Waals surface area contributed by atoms with E-state index in [1.807, 2.05) is 0 Å². The van der Waals surface area contributed by atoms with Gasteiger partial charge in [0.25, 0.3) is 0 Å². The molecule has 0 rings (SSSR count). The summed E-state index contributed by atoms with van der Waals surface area (Å²) in [6, 6.07) is 0. The van der Waals surface area contributed by atoms with Crippen LogP contribution in [0.15, 0.2) is 0 Å². The van der Waals surface area contributed by atoms with E-state index in [0.717, 1.165) is 108 Å². The molecule has 3 N–H and O–H groups in total. The lowest BCUT2D eigenvalue weighted by molar-refractivity contribution is -0.161. The van der Waals surface area contributed by atoms with Crippen LogP contribution in [0.3, 0.4) is 0 Å². The van der Waals surface area contributed by atoms with Crippen LogP contribution in [0.4, 0.5) is 0 Å². The Morgan fingerprint density at radius 3 is 0.732 bits per heavy atom. The highest BCUT2D eigenvalue weighted by molar-refractivity contribution is 7.47. The van der Waals surface area contributed by atoms with Crippen LogP contribution in [0.1, 0.15) is 408 Å². The molecule has 0 aliphatic rings. The van der Waals surface area contributed by atoms with E-state index in [1.54, 1.807) is 0 Å². The van der Waals surface area contributed by atoms with Crippen LogP contribution in [-0.4, -0.2) is 96.7 Å². The average molecular weight is 1420 g/mol. The number of ether oxygens (including phenoxy) is 4. The zero-order valence-electron chi connectivity index (χ0n) is 63.4. The van der Waals surface area contributed by atoms with Gasteiger partial charge in [-0.25, -0.2) is 9.13 Å².